The van der Waals surface area contributed by atoms with Crippen LogP contribution >= 0.6 is 11.6 Å². The van der Waals surface area contributed by atoms with Crippen LogP contribution in [0.2, 0.25) is 5.15 Å². The summed E-state index contributed by atoms with van der Waals surface area (Å²) in [7, 11) is 1.90. The Hall–Kier alpha value is -2.92. The van der Waals surface area contributed by atoms with E-state index >= 15 is 0 Å². The summed E-state index contributed by atoms with van der Waals surface area (Å²) in [5.41, 5.74) is 9.47. The summed E-state index contributed by atoms with van der Waals surface area (Å²) in [6.07, 6.45) is 3.39. The monoisotopic (exact) mass is 336 g/mol. The van der Waals surface area contributed by atoms with Crippen LogP contribution in [0.25, 0.3) is 33.1 Å². The first-order chi connectivity index (χ1) is 11.6. The molecule has 0 radical (unpaired) electrons. The Kier molecular flexibility index (Phi) is 3.25. The van der Waals surface area contributed by atoms with Crippen molar-refractivity contribution < 1.29 is 4.79 Å². The number of aromatic nitrogens is 3. The van der Waals surface area contributed by atoms with Crippen molar-refractivity contribution >= 4 is 39.3 Å². The van der Waals surface area contributed by atoms with Gasteiger partial charge in [-0.2, -0.15) is 0 Å². The number of rotatable bonds is 2. The molecule has 0 atom stereocenters. The third-order valence-corrected chi connectivity index (χ3v) is 4.39. The number of amides is 1. The third kappa shape index (κ3) is 2.13. The number of primary amides is 1. The van der Waals surface area contributed by atoms with Gasteiger partial charge in [-0.1, -0.05) is 17.7 Å². The second kappa shape index (κ2) is 5.32. The first-order valence-corrected chi connectivity index (χ1v) is 7.73. The van der Waals surface area contributed by atoms with Crippen molar-refractivity contribution in [1.82, 2.24) is 14.5 Å². The Labute approximate surface area is 142 Å². The molecule has 4 rings (SSSR count). The SMILES string of the molecule is Cn1c(-c2ccc3nc(Cl)ccc3c2)c(C(N)=O)c2ccncc21. The van der Waals surface area contributed by atoms with Gasteiger partial charge in [0.15, 0.2) is 0 Å². The molecule has 0 saturated heterocycles. The maximum absolute atomic E-state index is 12.1. The third-order valence-electron chi connectivity index (χ3n) is 4.18. The van der Waals surface area contributed by atoms with E-state index in [1.807, 2.05) is 35.9 Å². The number of hydrogen-bond acceptors (Lipinski definition) is 3. The van der Waals surface area contributed by atoms with E-state index in [1.165, 1.54) is 0 Å². The van der Waals surface area contributed by atoms with Crippen LogP contribution in [0.15, 0.2) is 48.8 Å². The van der Waals surface area contributed by atoms with E-state index in [0.29, 0.717) is 10.7 Å². The van der Waals surface area contributed by atoms with Gasteiger partial charge in [0.1, 0.15) is 5.15 Å². The molecule has 0 saturated carbocycles. The topological polar surface area (TPSA) is 73.8 Å². The fraction of sp³-hybridized carbons (Fsp3) is 0.0556. The number of benzene rings is 1. The maximum Gasteiger partial charge on any atom is 0.251 e. The van der Waals surface area contributed by atoms with Crippen molar-refractivity contribution in [1.29, 1.82) is 0 Å². The van der Waals surface area contributed by atoms with Gasteiger partial charge in [-0.15, -0.1) is 0 Å². The summed E-state index contributed by atoms with van der Waals surface area (Å²) >= 11 is 5.94. The lowest BCUT2D eigenvalue weighted by Crippen LogP contribution is -2.12. The average Bonchev–Trinajstić information content (AvgIpc) is 2.88. The fourth-order valence-corrected chi connectivity index (χ4v) is 3.27. The molecule has 1 aromatic carbocycles. The van der Waals surface area contributed by atoms with E-state index in [9.17, 15) is 4.79 Å². The molecule has 3 aromatic heterocycles. The van der Waals surface area contributed by atoms with Crippen LogP contribution in [-0.2, 0) is 7.05 Å². The number of nitrogens with two attached hydrogens (primary N) is 1. The molecule has 5 nitrogen and oxygen atoms in total. The number of aryl methyl sites for hydroxylation is 1. The molecule has 6 heteroatoms. The van der Waals surface area contributed by atoms with Gasteiger partial charge in [0, 0.05) is 24.0 Å². The van der Waals surface area contributed by atoms with Crippen molar-refractivity contribution in [3.8, 4) is 11.3 Å². The van der Waals surface area contributed by atoms with Gasteiger partial charge in [-0.05, 0) is 35.9 Å². The lowest BCUT2D eigenvalue weighted by atomic mass is 10.0. The van der Waals surface area contributed by atoms with Gasteiger partial charge in [0.25, 0.3) is 5.91 Å². The zero-order chi connectivity index (χ0) is 16.8. The molecule has 3 heterocycles. The van der Waals surface area contributed by atoms with Crippen LogP contribution in [0.1, 0.15) is 10.4 Å². The first-order valence-electron chi connectivity index (χ1n) is 7.35. The van der Waals surface area contributed by atoms with Crippen molar-refractivity contribution in [2.24, 2.45) is 12.8 Å². The first kappa shape index (κ1) is 14.7. The summed E-state index contributed by atoms with van der Waals surface area (Å²) in [6, 6.07) is 11.2. The second-order valence-electron chi connectivity index (χ2n) is 5.58. The molecule has 118 valence electrons. The number of carbonyl (C=O) groups is 1. The van der Waals surface area contributed by atoms with Gasteiger partial charge in [-0.25, -0.2) is 4.98 Å². The van der Waals surface area contributed by atoms with E-state index in [0.717, 1.165) is 33.1 Å². The highest BCUT2D eigenvalue weighted by Gasteiger charge is 2.20. The minimum atomic E-state index is -0.462. The lowest BCUT2D eigenvalue weighted by molar-refractivity contribution is 0.100. The molecule has 4 aromatic rings. The minimum absolute atomic E-state index is 0.448. The number of carbonyl (C=O) groups excluding carboxylic acids is 1. The van der Waals surface area contributed by atoms with Gasteiger partial charge in [-0.3, -0.25) is 9.78 Å². The quantitative estimate of drug-likeness (QED) is 0.569. The molecule has 0 aliphatic heterocycles. The molecule has 2 N–H and O–H groups in total. The highest BCUT2D eigenvalue weighted by Crippen LogP contribution is 2.33. The highest BCUT2D eigenvalue weighted by molar-refractivity contribution is 6.29. The second-order valence-corrected chi connectivity index (χ2v) is 5.97. The van der Waals surface area contributed by atoms with Gasteiger partial charge in [0.05, 0.1) is 28.5 Å². The van der Waals surface area contributed by atoms with E-state index in [-0.39, 0.29) is 0 Å². The van der Waals surface area contributed by atoms with E-state index in [2.05, 4.69) is 9.97 Å². The number of halogens is 1. The van der Waals surface area contributed by atoms with Crippen molar-refractivity contribution in [2.75, 3.05) is 0 Å². The molecular weight excluding hydrogens is 324 g/mol. The number of hydrogen-bond donors (Lipinski definition) is 1. The number of pyridine rings is 2. The average molecular weight is 337 g/mol. The Bertz CT molecular complexity index is 1120. The van der Waals surface area contributed by atoms with Crippen LogP contribution in [0.3, 0.4) is 0 Å². The van der Waals surface area contributed by atoms with E-state index < -0.39 is 5.91 Å². The van der Waals surface area contributed by atoms with Crippen LogP contribution < -0.4 is 5.73 Å². The van der Waals surface area contributed by atoms with Gasteiger partial charge >= 0.3 is 0 Å². The normalized spacial score (nSPS) is 11.2. The fourth-order valence-electron chi connectivity index (χ4n) is 3.12. The molecule has 0 aliphatic rings. The smallest absolute Gasteiger partial charge is 0.251 e. The Balaban J connectivity index is 2.06. The predicted molar refractivity (Wildman–Crippen MR) is 95.0 cm³/mol. The molecule has 0 bridgehead atoms. The van der Waals surface area contributed by atoms with E-state index in [1.54, 1.807) is 24.5 Å². The predicted octanol–water partition coefficient (Wildman–Crippen LogP) is 3.54. The molecule has 0 fully saturated rings. The number of fused-ring (bicyclic) bond motifs is 2. The summed E-state index contributed by atoms with van der Waals surface area (Å²) in [5, 5.41) is 2.18. The Morgan fingerprint density at radius 2 is 2.04 bits per heavy atom. The van der Waals surface area contributed by atoms with Gasteiger partial charge < -0.3 is 10.3 Å². The van der Waals surface area contributed by atoms with Crippen molar-refractivity contribution in [2.45, 2.75) is 0 Å². The molecule has 0 spiro atoms. The van der Waals surface area contributed by atoms with Crippen LogP contribution in [0.5, 0.6) is 0 Å². The van der Waals surface area contributed by atoms with Crippen molar-refractivity contribution in [3.63, 3.8) is 0 Å². The highest BCUT2D eigenvalue weighted by atomic mass is 35.5. The Morgan fingerprint density at radius 3 is 2.83 bits per heavy atom. The molecule has 1 amide bonds. The van der Waals surface area contributed by atoms with Crippen LogP contribution in [0.4, 0.5) is 0 Å². The maximum atomic E-state index is 12.1. The largest absolute Gasteiger partial charge is 0.366 e. The summed E-state index contributed by atoms with van der Waals surface area (Å²) in [6.45, 7) is 0. The summed E-state index contributed by atoms with van der Waals surface area (Å²) in [4.78, 5) is 20.5. The van der Waals surface area contributed by atoms with E-state index in [4.69, 9.17) is 17.3 Å². The summed E-state index contributed by atoms with van der Waals surface area (Å²) in [5.74, 6) is -0.462. The van der Waals surface area contributed by atoms with Gasteiger partial charge in [0.2, 0.25) is 0 Å². The van der Waals surface area contributed by atoms with Crippen LogP contribution in [-0.4, -0.2) is 20.4 Å². The zero-order valence-corrected chi connectivity index (χ0v) is 13.6. The van der Waals surface area contributed by atoms with Crippen molar-refractivity contribution in [3.05, 3.63) is 59.5 Å². The molecule has 24 heavy (non-hydrogen) atoms. The zero-order valence-electron chi connectivity index (χ0n) is 12.8. The standard InChI is InChI=1S/C18H13ClN4O/c1-23-14-9-21-7-6-12(14)16(18(20)24)17(23)11-2-4-13-10(8-11)3-5-15(19)22-13/h2-9H,1H3,(H2,20,24). The molecule has 0 aliphatic carbocycles. The summed E-state index contributed by atoms with van der Waals surface area (Å²) < 4.78 is 1.94. The van der Waals surface area contributed by atoms with Crippen LogP contribution in [0, 0.1) is 0 Å². The minimum Gasteiger partial charge on any atom is -0.366 e. The number of nitrogens with zero attached hydrogens (tertiary/aromatic N) is 3. The Morgan fingerprint density at radius 1 is 1.21 bits per heavy atom. The molecule has 0 unspecified atom stereocenters. The lowest BCUT2D eigenvalue weighted by Gasteiger charge is -2.08. The molecular formula is C18H13ClN4O.